The van der Waals surface area contributed by atoms with E-state index in [4.69, 9.17) is 11.6 Å². The van der Waals surface area contributed by atoms with E-state index in [9.17, 15) is 0 Å². The Kier molecular flexibility index (Phi) is 3.45. The zero-order valence-corrected chi connectivity index (χ0v) is 11.4. The van der Waals surface area contributed by atoms with E-state index in [-0.39, 0.29) is 5.54 Å². The van der Waals surface area contributed by atoms with Crippen molar-refractivity contribution in [2.24, 2.45) is 0 Å². The van der Waals surface area contributed by atoms with Crippen LogP contribution in [0.15, 0.2) is 24.4 Å². The van der Waals surface area contributed by atoms with Crippen LogP contribution in [0.4, 0.5) is 0 Å². The molecule has 0 unspecified atom stereocenters. The lowest BCUT2D eigenvalue weighted by atomic mass is 10.0. The minimum atomic E-state index is 0.177. The molecule has 2 N–H and O–H groups in total. The first-order chi connectivity index (χ1) is 8.02. The highest BCUT2D eigenvalue weighted by molar-refractivity contribution is 6.31. The fourth-order valence-electron chi connectivity index (χ4n) is 1.76. The summed E-state index contributed by atoms with van der Waals surface area (Å²) in [6.45, 7) is 7.52. The van der Waals surface area contributed by atoms with Crippen LogP contribution in [0.25, 0.3) is 10.9 Å². The van der Waals surface area contributed by atoms with Crippen LogP contribution in [0.2, 0.25) is 5.02 Å². The van der Waals surface area contributed by atoms with E-state index in [1.165, 1.54) is 10.9 Å². The Balaban J connectivity index is 2.20. The van der Waals surface area contributed by atoms with Crippen LogP contribution in [-0.2, 0) is 6.54 Å². The first kappa shape index (κ1) is 12.5. The van der Waals surface area contributed by atoms with Gasteiger partial charge in [0.25, 0.3) is 0 Å². The molecule has 1 aromatic carbocycles. The predicted octanol–water partition coefficient (Wildman–Crippen LogP) is 4.10. The number of aromatic amines is 1. The lowest BCUT2D eigenvalue weighted by molar-refractivity contribution is 0.375. The summed E-state index contributed by atoms with van der Waals surface area (Å²) in [6, 6.07) is 5.97. The molecule has 3 heteroatoms. The van der Waals surface area contributed by atoms with E-state index in [0.717, 1.165) is 23.5 Å². The van der Waals surface area contributed by atoms with Crippen molar-refractivity contribution < 1.29 is 0 Å². The van der Waals surface area contributed by atoms with E-state index in [0.29, 0.717) is 0 Å². The Morgan fingerprint density at radius 1 is 1.35 bits per heavy atom. The molecule has 2 rings (SSSR count). The smallest absolute Gasteiger partial charge is 0.0472 e. The first-order valence-electron chi connectivity index (χ1n) is 6.02. The maximum Gasteiger partial charge on any atom is 0.0472 e. The van der Waals surface area contributed by atoms with Gasteiger partial charge in [-0.2, -0.15) is 0 Å². The SMILES string of the molecule is CCC(C)(C)NCc1c[nH]c2cc(Cl)ccc12. The molecule has 0 aliphatic heterocycles. The predicted molar refractivity (Wildman–Crippen MR) is 74.5 cm³/mol. The van der Waals surface area contributed by atoms with E-state index in [1.54, 1.807) is 0 Å². The number of halogens is 1. The van der Waals surface area contributed by atoms with Crippen LogP contribution in [0, 0.1) is 0 Å². The van der Waals surface area contributed by atoms with Gasteiger partial charge in [-0.25, -0.2) is 0 Å². The molecular weight excluding hydrogens is 232 g/mol. The lowest BCUT2D eigenvalue weighted by Gasteiger charge is -2.24. The zero-order valence-electron chi connectivity index (χ0n) is 10.6. The van der Waals surface area contributed by atoms with Crippen LogP contribution >= 0.6 is 11.6 Å². The van der Waals surface area contributed by atoms with E-state index < -0.39 is 0 Å². The summed E-state index contributed by atoms with van der Waals surface area (Å²) in [4.78, 5) is 3.26. The van der Waals surface area contributed by atoms with Crippen LogP contribution in [0.3, 0.4) is 0 Å². The summed E-state index contributed by atoms with van der Waals surface area (Å²) in [7, 11) is 0. The minimum absolute atomic E-state index is 0.177. The summed E-state index contributed by atoms with van der Waals surface area (Å²) >= 11 is 5.96. The number of H-pyrrole nitrogens is 1. The highest BCUT2D eigenvalue weighted by Gasteiger charge is 2.14. The molecule has 1 heterocycles. The van der Waals surface area contributed by atoms with E-state index >= 15 is 0 Å². The van der Waals surface area contributed by atoms with Crippen molar-refractivity contribution in [2.45, 2.75) is 39.3 Å². The number of nitrogens with one attached hydrogen (secondary N) is 2. The summed E-state index contributed by atoms with van der Waals surface area (Å²) in [5.74, 6) is 0. The Hall–Kier alpha value is -0.990. The van der Waals surface area contributed by atoms with Gasteiger partial charge < -0.3 is 10.3 Å². The summed E-state index contributed by atoms with van der Waals surface area (Å²) in [6.07, 6.45) is 3.17. The molecule has 0 saturated carbocycles. The van der Waals surface area contributed by atoms with Crippen molar-refractivity contribution in [3.8, 4) is 0 Å². The second-order valence-corrected chi connectivity index (χ2v) is 5.53. The average Bonchev–Trinajstić information content (AvgIpc) is 2.69. The molecule has 0 spiro atoms. The topological polar surface area (TPSA) is 27.8 Å². The fraction of sp³-hybridized carbons (Fsp3) is 0.429. The molecule has 0 aliphatic carbocycles. The minimum Gasteiger partial charge on any atom is -0.361 e. The third-order valence-corrected chi connectivity index (χ3v) is 3.61. The molecule has 0 bridgehead atoms. The van der Waals surface area contributed by atoms with Crippen molar-refractivity contribution in [1.82, 2.24) is 10.3 Å². The number of hydrogen-bond donors (Lipinski definition) is 2. The van der Waals surface area contributed by atoms with Crippen molar-refractivity contribution in [3.63, 3.8) is 0 Å². The van der Waals surface area contributed by atoms with Gasteiger partial charge in [-0.05, 0) is 38.0 Å². The maximum absolute atomic E-state index is 5.96. The van der Waals surface area contributed by atoms with Gasteiger partial charge in [0.2, 0.25) is 0 Å². The fourth-order valence-corrected chi connectivity index (χ4v) is 1.94. The van der Waals surface area contributed by atoms with Crippen LogP contribution in [0.5, 0.6) is 0 Å². The molecule has 1 aromatic heterocycles. The molecule has 0 fully saturated rings. The Morgan fingerprint density at radius 3 is 2.82 bits per heavy atom. The third-order valence-electron chi connectivity index (χ3n) is 3.37. The Bertz CT molecular complexity index is 514. The van der Waals surface area contributed by atoms with Gasteiger partial charge in [0, 0.05) is 34.2 Å². The molecule has 2 nitrogen and oxygen atoms in total. The van der Waals surface area contributed by atoms with Crippen molar-refractivity contribution in [3.05, 3.63) is 35.0 Å². The molecule has 0 saturated heterocycles. The third kappa shape index (κ3) is 2.82. The Morgan fingerprint density at radius 2 is 2.12 bits per heavy atom. The second-order valence-electron chi connectivity index (χ2n) is 5.09. The zero-order chi connectivity index (χ0) is 12.5. The lowest BCUT2D eigenvalue weighted by Crippen LogP contribution is -2.37. The van der Waals surface area contributed by atoms with Crippen LogP contribution in [0.1, 0.15) is 32.8 Å². The standard InChI is InChI=1S/C14H19ClN2/c1-4-14(2,3)17-9-10-8-16-13-7-11(15)5-6-12(10)13/h5-8,16-17H,4,9H2,1-3H3. The van der Waals surface area contributed by atoms with E-state index in [1.807, 2.05) is 12.1 Å². The molecule has 92 valence electrons. The molecule has 2 aromatic rings. The van der Waals surface area contributed by atoms with Gasteiger partial charge in [0.1, 0.15) is 0 Å². The summed E-state index contributed by atoms with van der Waals surface area (Å²) < 4.78 is 0. The molecule has 0 radical (unpaired) electrons. The van der Waals surface area contributed by atoms with Gasteiger partial charge in [-0.15, -0.1) is 0 Å². The number of rotatable bonds is 4. The monoisotopic (exact) mass is 250 g/mol. The number of benzene rings is 1. The number of fused-ring (bicyclic) bond motifs is 1. The Labute approximate surface area is 107 Å². The van der Waals surface area contributed by atoms with Crippen molar-refractivity contribution >= 4 is 22.5 Å². The first-order valence-corrected chi connectivity index (χ1v) is 6.40. The molecule has 17 heavy (non-hydrogen) atoms. The highest BCUT2D eigenvalue weighted by Crippen LogP contribution is 2.22. The number of aromatic nitrogens is 1. The van der Waals surface area contributed by atoms with Gasteiger partial charge in [0.05, 0.1) is 0 Å². The summed E-state index contributed by atoms with van der Waals surface area (Å²) in [5.41, 5.74) is 2.57. The second kappa shape index (κ2) is 4.71. The largest absolute Gasteiger partial charge is 0.361 e. The molecular formula is C14H19ClN2. The van der Waals surface area contributed by atoms with Gasteiger partial charge >= 0.3 is 0 Å². The van der Waals surface area contributed by atoms with Crippen LogP contribution in [-0.4, -0.2) is 10.5 Å². The highest BCUT2D eigenvalue weighted by atomic mass is 35.5. The van der Waals surface area contributed by atoms with E-state index in [2.05, 4.69) is 43.3 Å². The van der Waals surface area contributed by atoms with Crippen molar-refractivity contribution in [1.29, 1.82) is 0 Å². The summed E-state index contributed by atoms with van der Waals surface area (Å²) in [5, 5.41) is 5.58. The van der Waals surface area contributed by atoms with Gasteiger partial charge in [-0.1, -0.05) is 24.6 Å². The average molecular weight is 251 g/mol. The quantitative estimate of drug-likeness (QED) is 0.840. The van der Waals surface area contributed by atoms with Gasteiger partial charge in [0.15, 0.2) is 0 Å². The molecule has 0 atom stereocenters. The van der Waals surface area contributed by atoms with Crippen molar-refractivity contribution in [2.75, 3.05) is 0 Å². The number of hydrogen-bond acceptors (Lipinski definition) is 1. The van der Waals surface area contributed by atoms with Gasteiger partial charge in [-0.3, -0.25) is 0 Å². The molecule has 0 amide bonds. The maximum atomic E-state index is 5.96. The normalized spacial score (nSPS) is 12.2. The van der Waals surface area contributed by atoms with Crippen LogP contribution < -0.4 is 5.32 Å². The molecule has 0 aliphatic rings.